The third kappa shape index (κ3) is 4.34. The Hall–Kier alpha value is -2.44. The van der Waals surface area contributed by atoms with Crippen molar-refractivity contribution >= 4 is 21.8 Å². The van der Waals surface area contributed by atoms with Crippen LogP contribution in [-0.4, -0.2) is 35.6 Å². The molecular weight excluding hydrogens is 418 g/mol. The maximum atomic E-state index is 12.6. The lowest BCUT2D eigenvalue weighted by atomic mass is 10.1. The molecule has 28 heavy (non-hydrogen) atoms. The summed E-state index contributed by atoms with van der Waals surface area (Å²) in [7, 11) is 0. The standard InChI is InChI=1S/C22H22BrN3O2/c23-18-10-8-17(9-11-18)21-14-19(25-28-21)22(27)24-15-20(26-12-4-5-13-26)16-6-2-1-3-7-16/h1-3,6-11,14,20H,4-5,12-13,15H2,(H,24,27)/t20-/m1/s1. The second kappa shape index (κ2) is 8.71. The summed E-state index contributed by atoms with van der Waals surface area (Å²) in [6.45, 7) is 2.67. The molecule has 6 heteroatoms. The van der Waals surface area contributed by atoms with Crippen molar-refractivity contribution in [3.8, 4) is 11.3 Å². The van der Waals surface area contributed by atoms with Crippen molar-refractivity contribution in [3.63, 3.8) is 0 Å². The first-order valence-corrected chi connectivity index (χ1v) is 10.3. The minimum atomic E-state index is -0.216. The van der Waals surface area contributed by atoms with Crippen LogP contribution in [0, 0.1) is 0 Å². The van der Waals surface area contributed by atoms with Crippen LogP contribution in [0.1, 0.15) is 34.9 Å². The van der Waals surface area contributed by atoms with E-state index in [0.717, 1.165) is 23.1 Å². The minimum absolute atomic E-state index is 0.172. The topological polar surface area (TPSA) is 58.4 Å². The van der Waals surface area contributed by atoms with Crippen molar-refractivity contribution in [2.75, 3.05) is 19.6 Å². The molecule has 1 amide bonds. The molecule has 4 rings (SSSR count). The average molecular weight is 440 g/mol. The quantitative estimate of drug-likeness (QED) is 0.605. The highest BCUT2D eigenvalue weighted by atomic mass is 79.9. The van der Waals surface area contributed by atoms with Gasteiger partial charge in [0.2, 0.25) is 0 Å². The molecule has 3 aromatic rings. The summed E-state index contributed by atoms with van der Waals surface area (Å²) in [4.78, 5) is 15.1. The highest BCUT2D eigenvalue weighted by Gasteiger charge is 2.24. The van der Waals surface area contributed by atoms with Crippen molar-refractivity contribution in [2.45, 2.75) is 18.9 Å². The molecule has 1 atom stereocenters. The molecule has 1 saturated heterocycles. The lowest BCUT2D eigenvalue weighted by Crippen LogP contribution is -2.36. The van der Waals surface area contributed by atoms with Crippen LogP contribution in [0.4, 0.5) is 0 Å². The summed E-state index contributed by atoms with van der Waals surface area (Å²) < 4.78 is 6.35. The van der Waals surface area contributed by atoms with Gasteiger partial charge in [-0.15, -0.1) is 0 Å². The van der Waals surface area contributed by atoms with Crippen molar-refractivity contribution in [3.05, 3.63) is 76.4 Å². The number of nitrogens with one attached hydrogen (secondary N) is 1. The Morgan fingerprint density at radius 3 is 2.54 bits per heavy atom. The van der Waals surface area contributed by atoms with E-state index in [2.05, 4.69) is 43.4 Å². The molecule has 1 N–H and O–H groups in total. The monoisotopic (exact) mass is 439 g/mol. The van der Waals surface area contributed by atoms with E-state index in [1.165, 1.54) is 18.4 Å². The number of nitrogens with zero attached hydrogens (tertiary/aromatic N) is 2. The van der Waals surface area contributed by atoms with Crippen LogP contribution in [0.2, 0.25) is 0 Å². The Labute approximate surface area is 172 Å². The molecule has 1 aromatic heterocycles. The molecule has 1 aliphatic rings. The lowest BCUT2D eigenvalue weighted by molar-refractivity contribution is 0.0929. The molecule has 2 heterocycles. The highest BCUT2D eigenvalue weighted by Crippen LogP contribution is 2.25. The summed E-state index contributed by atoms with van der Waals surface area (Å²) in [5.41, 5.74) is 2.40. The van der Waals surface area contributed by atoms with Crippen LogP contribution in [0.25, 0.3) is 11.3 Å². The first-order chi connectivity index (χ1) is 13.7. The van der Waals surface area contributed by atoms with Gasteiger partial charge in [0.05, 0.1) is 6.04 Å². The van der Waals surface area contributed by atoms with Crippen LogP contribution in [0.15, 0.2) is 69.7 Å². The molecule has 144 valence electrons. The fraction of sp³-hybridized carbons (Fsp3) is 0.273. The van der Waals surface area contributed by atoms with E-state index in [0.29, 0.717) is 18.0 Å². The summed E-state index contributed by atoms with van der Waals surface area (Å²) >= 11 is 3.41. The number of benzene rings is 2. The Morgan fingerprint density at radius 1 is 1.11 bits per heavy atom. The number of carbonyl (C=O) groups excluding carboxylic acids is 1. The molecule has 0 saturated carbocycles. The molecule has 0 aliphatic carbocycles. The van der Waals surface area contributed by atoms with Gasteiger partial charge in [-0.3, -0.25) is 9.69 Å². The first kappa shape index (κ1) is 18.9. The zero-order chi connectivity index (χ0) is 19.3. The summed E-state index contributed by atoms with van der Waals surface area (Å²) in [6, 6.07) is 19.9. The molecule has 0 radical (unpaired) electrons. The van der Waals surface area contributed by atoms with E-state index in [1.54, 1.807) is 6.07 Å². The van der Waals surface area contributed by atoms with Gasteiger partial charge in [0.15, 0.2) is 11.5 Å². The molecule has 1 aliphatic heterocycles. The van der Waals surface area contributed by atoms with Crippen LogP contribution in [-0.2, 0) is 0 Å². The summed E-state index contributed by atoms with van der Waals surface area (Å²) in [6.07, 6.45) is 2.41. The largest absolute Gasteiger partial charge is 0.355 e. The molecule has 1 fully saturated rings. The number of likely N-dealkylation sites (tertiary alicyclic amines) is 1. The molecule has 2 aromatic carbocycles. The number of carbonyl (C=O) groups is 1. The number of hydrogen-bond donors (Lipinski definition) is 1. The normalized spacial score (nSPS) is 15.5. The maximum absolute atomic E-state index is 12.6. The second-order valence-electron chi connectivity index (χ2n) is 6.96. The predicted molar refractivity (Wildman–Crippen MR) is 112 cm³/mol. The second-order valence-corrected chi connectivity index (χ2v) is 7.88. The van der Waals surface area contributed by atoms with Gasteiger partial charge in [-0.2, -0.15) is 0 Å². The summed E-state index contributed by atoms with van der Waals surface area (Å²) in [5, 5.41) is 6.99. The SMILES string of the molecule is O=C(NC[C@H](c1ccccc1)N1CCCC1)c1cc(-c2ccc(Br)cc2)on1. The Balaban J connectivity index is 1.44. The number of hydrogen-bond acceptors (Lipinski definition) is 4. The van der Waals surface area contributed by atoms with E-state index in [-0.39, 0.29) is 11.9 Å². The fourth-order valence-corrected chi connectivity index (χ4v) is 3.86. The van der Waals surface area contributed by atoms with E-state index < -0.39 is 0 Å². The van der Waals surface area contributed by atoms with Gasteiger partial charge in [0.1, 0.15) is 0 Å². The van der Waals surface area contributed by atoms with E-state index in [4.69, 9.17) is 4.52 Å². The third-order valence-electron chi connectivity index (χ3n) is 5.09. The number of rotatable bonds is 6. The molecule has 5 nitrogen and oxygen atoms in total. The zero-order valence-electron chi connectivity index (χ0n) is 15.5. The summed E-state index contributed by atoms with van der Waals surface area (Å²) in [5.74, 6) is 0.365. The van der Waals surface area contributed by atoms with Gasteiger partial charge in [0, 0.05) is 22.6 Å². The molecule has 0 unspecified atom stereocenters. The van der Waals surface area contributed by atoms with Crippen LogP contribution in [0.3, 0.4) is 0 Å². The van der Waals surface area contributed by atoms with E-state index >= 15 is 0 Å². The predicted octanol–water partition coefficient (Wildman–Crippen LogP) is 4.67. The third-order valence-corrected chi connectivity index (χ3v) is 5.62. The van der Waals surface area contributed by atoms with Crippen molar-refractivity contribution in [1.29, 1.82) is 0 Å². The van der Waals surface area contributed by atoms with Gasteiger partial charge < -0.3 is 9.84 Å². The van der Waals surface area contributed by atoms with Crippen molar-refractivity contribution in [1.82, 2.24) is 15.4 Å². The Morgan fingerprint density at radius 2 is 1.82 bits per heavy atom. The van der Waals surface area contributed by atoms with E-state index in [9.17, 15) is 4.79 Å². The van der Waals surface area contributed by atoms with Gasteiger partial charge in [-0.1, -0.05) is 63.6 Å². The van der Waals surface area contributed by atoms with Gasteiger partial charge >= 0.3 is 0 Å². The van der Waals surface area contributed by atoms with Crippen molar-refractivity contribution in [2.24, 2.45) is 0 Å². The minimum Gasteiger partial charge on any atom is -0.355 e. The number of halogens is 1. The van der Waals surface area contributed by atoms with Gasteiger partial charge in [-0.25, -0.2) is 0 Å². The number of aromatic nitrogens is 1. The maximum Gasteiger partial charge on any atom is 0.273 e. The van der Waals surface area contributed by atoms with Gasteiger partial charge in [0.25, 0.3) is 5.91 Å². The van der Waals surface area contributed by atoms with E-state index in [1.807, 2.05) is 42.5 Å². The molecule has 0 bridgehead atoms. The Kier molecular flexibility index (Phi) is 5.88. The first-order valence-electron chi connectivity index (χ1n) is 9.50. The zero-order valence-corrected chi connectivity index (χ0v) is 17.1. The lowest BCUT2D eigenvalue weighted by Gasteiger charge is -2.28. The highest BCUT2D eigenvalue weighted by molar-refractivity contribution is 9.10. The molecule has 0 spiro atoms. The number of amides is 1. The fourth-order valence-electron chi connectivity index (χ4n) is 3.60. The van der Waals surface area contributed by atoms with Crippen LogP contribution < -0.4 is 5.32 Å². The average Bonchev–Trinajstić information content (AvgIpc) is 3.42. The Bertz CT molecular complexity index is 918. The smallest absolute Gasteiger partial charge is 0.273 e. The van der Waals surface area contributed by atoms with Crippen LogP contribution in [0.5, 0.6) is 0 Å². The van der Waals surface area contributed by atoms with Crippen LogP contribution >= 0.6 is 15.9 Å². The molecular formula is C22H22BrN3O2. The van der Waals surface area contributed by atoms with Crippen molar-refractivity contribution < 1.29 is 9.32 Å². The van der Waals surface area contributed by atoms with Gasteiger partial charge in [-0.05, 0) is 43.6 Å².